The van der Waals surface area contributed by atoms with Gasteiger partial charge in [0.05, 0.1) is 14.2 Å². The molecule has 142 valence electrons. The molecule has 0 atom stereocenters. The summed E-state index contributed by atoms with van der Waals surface area (Å²) in [6.45, 7) is 0.890. The molecule has 0 heterocycles. The third-order valence-corrected chi connectivity index (χ3v) is 6.91. The van der Waals surface area contributed by atoms with Crippen LogP contribution in [0.2, 0.25) is 0 Å². The Morgan fingerprint density at radius 3 is 2.23 bits per heavy atom. The second-order valence-electron chi connectivity index (χ2n) is 8.88. The summed E-state index contributed by atoms with van der Waals surface area (Å²) in [6, 6.07) is 5.88. The highest BCUT2D eigenvalue weighted by Gasteiger charge is 2.50. The van der Waals surface area contributed by atoms with E-state index in [0.717, 1.165) is 47.8 Å². The molecular weight excluding hydrogens is 326 g/mol. The molecule has 1 amide bonds. The van der Waals surface area contributed by atoms with Gasteiger partial charge in [-0.15, -0.1) is 0 Å². The number of methoxy groups -OCH3 is 2. The van der Waals surface area contributed by atoms with Gasteiger partial charge in [-0.05, 0) is 85.8 Å². The SMILES string of the molecule is COc1ccc(CCC(=O)NCC23CC4CC(CC(C4)C2)C3)cc1OC. The number of ether oxygens (including phenoxy) is 2. The Morgan fingerprint density at radius 2 is 1.65 bits per heavy atom. The van der Waals surface area contributed by atoms with Crippen molar-refractivity contribution < 1.29 is 14.3 Å². The van der Waals surface area contributed by atoms with E-state index in [2.05, 4.69) is 5.32 Å². The van der Waals surface area contributed by atoms with Crippen molar-refractivity contribution in [2.24, 2.45) is 23.2 Å². The molecule has 4 aliphatic rings. The molecule has 1 aromatic rings. The first-order chi connectivity index (χ1) is 12.6. The van der Waals surface area contributed by atoms with Crippen LogP contribution in [0.3, 0.4) is 0 Å². The summed E-state index contributed by atoms with van der Waals surface area (Å²) < 4.78 is 10.6. The van der Waals surface area contributed by atoms with Gasteiger partial charge < -0.3 is 14.8 Å². The lowest BCUT2D eigenvalue weighted by Gasteiger charge is -2.56. The Morgan fingerprint density at radius 1 is 1.04 bits per heavy atom. The molecule has 4 heteroatoms. The van der Waals surface area contributed by atoms with Gasteiger partial charge in [0.1, 0.15) is 0 Å². The quantitative estimate of drug-likeness (QED) is 0.803. The second-order valence-corrected chi connectivity index (χ2v) is 8.88. The summed E-state index contributed by atoms with van der Waals surface area (Å²) in [5.74, 6) is 4.43. The monoisotopic (exact) mass is 357 g/mol. The van der Waals surface area contributed by atoms with Crippen LogP contribution in [0, 0.1) is 23.2 Å². The topological polar surface area (TPSA) is 47.6 Å². The first-order valence-corrected chi connectivity index (χ1v) is 10.1. The molecule has 4 aliphatic carbocycles. The van der Waals surface area contributed by atoms with E-state index >= 15 is 0 Å². The summed E-state index contributed by atoms with van der Waals surface area (Å²) >= 11 is 0. The maximum Gasteiger partial charge on any atom is 0.220 e. The van der Waals surface area contributed by atoms with Crippen molar-refractivity contribution in [3.8, 4) is 11.5 Å². The zero-order valence-corrected chi connectivity index (χ0v) is 16.1. The Balaban J connectivity index is 1.28. The molecule has 0 radical (unpaired) electrons. The molecule has 0 unspecified atom stereocenters. The predicted octanol–water partition coefficient (Wildman–Crippen LogP) is 3.97. The number of aryl methyl sites for hydroxylation is 1. The van der Waals surface area contributed by atoms with E-state index in [9.17, 15) is 4.79 Å². The van der Waals surface area contributed by atoms with Gasteiger partial charge in [0.25, 0.3) is 0 Å². The van der Waals surface area contributed by atoms with Crippen LogP contribution in [0.15, 0.2) is 18.2 Å². The summed E-state index contributed by atoms with van der Waals surface area (Å²) in [7, 11) is 3.27. The average Bonchev–Trinajstić information content (AvgIpc) is 2.63. The molecule has 4 saturated carbocycles. The molecule has 0 aromatic heterocycles. The molecule has 1 N–H and O–H groups in total. The molecule has 0 spiro atoms. The highest BCUT2D eigenvalue weighted by Crippen LogP contribution is 2.59. The van der Waals surface area contributed by atoms with Crippen molar-refractivity contribution in [3.05, 3.63) is 23.8 Å². The molecule has 4 nitrogen and oxygen atoms in total. The zero-order chi connectivity index (χ0) is 18.1. The van der Waals surface area contributed by atoms with E-state index in [-0.39, 0.29) is 5.91 Å². The van der Waals surface area contributed by atoms with Crippen LogP contribution in [0.25, 0.3) is 0 Å². The molecule has 0 saturated heterocycles. The average molecular weight is 357 g/mol. The van der Waals surface area contributed by atoms with Crippen molar-refractivity contribution in [2.45, 2.75) is 51.4 Å². The highest BCUT2D eigenvalue weighted by molar-refractivity contribution is 5.76. The fourth-order valence-corrected chi connectivity index (χ4v) is 6.17. The van der Waals surface area contributed by atoms with Gasteiger partial charge in [-0.2, -0.15) is 0 Å². The molecule has 4 bridgehead atoms. The smallest absolute Gasteiger partial charge is 0.220 e. The van der Waals surface area contributed by atoms with Crippen molar-refractivity contribution in [1.82, 2.24) is 5.32 Å². The van der Waals surface area contributed by atoms with E-state index in [1.165, 1.54) is 38.5 Å². The first-order valence-electron chi connectivity index (χ1n) is 10.1. The lowest BCUT2D eigenvalue weighted by molar-refractivity contribution is -0.123. The van der Waals surface area contributed by atoms with Gasteiger partial charge in [0, 0.05) is 13.0 Å². The van der Waals surface area contributed by atoms with E-state index in [1.54, 1.807) is 14.2 Å². The number of hydrogen-bond donors (Lipinski definition) is 1. The standard InChI is InChI=1S/C22H31NO3/c1-25-19-5-3-15(10-20(19)26-2)4-6-21(24)23-14-22-11-16-7-17(12-22)9-18(8-16)13-22/h3,5,10,16-18H,4,6-9,11-14H2,1-2H3,(H,23,24). The fraction of sp³-hybridized carbons (Fsp3) is 0.682. The number of amides is 1. The Bertz CT molecular complexity index is 634. The minimum Gasteiger partial charge on any atom is -0.493 e. The minimum absolute atomic E-state index is 0.176. The van der Waals surface area contributed by atoms with E-state index in [1.807, 2.05) is 18.2 Å². The molecule has 0 aliphatic heterocycles. The van der Waals surface area contributed by atoms with Crippen molar-refractivity contribution >= 4 is 5.91 Å². The van der Waals surface area contributed by atoms with E-state index in [0.29, 0.717) is 11.8 Å². The Labute approximate surface area is 156 Å². The Hall–Kier alpha value is -1.71. The first kappa shape index (κ1) is 17.7. The zero-order valence-electron chi connectivity index (χ0n) is 16.1. The maximum atomic E-state index is 12.4. The van der Waals surface area contributed by atoms with Crippen LogP contribution < -0.4 is 14.8 Å². The van der Waals surface area contributed by atoms with Crippen LogP contribution in [0.4, 0.5) is 0 Å². The number of benzene rings is 1. The Kier molecular flexibility index (Phi) is 4.85. The van der Waals surface area contributed by atoms with Crippen molar-refractivity contribution in [3.63, 3.8) is 0 Å². The molecule has 26 heavy (non-hydrogen) atoms. The van der Waals surface area contributed by atoms with Gasteiger partial charge in [0.2, 0.25) is 5.91 Å². The molecule has 4 fully saturated rings. The van der Waals surface area contributed by atoms with E-state index in [4.69, 9.17) is 9.47 Å². The van der Waals surface area contributed by atoms with Crippen LogP contribution in [-0.2, 0) is 11.2 Å². The largest absolute Gasteiger partial charge is 0.493 e. The fourth-order valence-electron chi connectivity index (χ4n) is 6.17. The molecule has 5 rings (SSSR count). The van der Waals surface area contributed by atoms with Crippen molar-refractivity contribution in [1.29, 1.82) is 0 Å². The highest BCUT2D eigenvalue weighted by atomic mass is 16.5. The lowest BCUT2D eigenvalue weighted by atomic mass is 9.49. The molecular formula is C22H31NO3. The lowest BCUT2D eigenvalue weighted by Crippen LogP contribution is -2.51. The van der Waals surface area contributed by atoms with Gasteiger partial charge in [-0.25, -0.2) is 0 Å². The summed E-state index contributed by atoms with van der Waals surface area (Å²) in [6.07, 6.45) is 9.64. The van der Waals surface area contributed by atoms with Crippen LogP contribution in [0.5, 0.6) is 11.5 Å². The molecule has 1 aromatic carbocycles. The van der Waals surface area contributed by atoms with Crippen LogP contribution in [-0.4, -0.2) is 26.7 Å². The summed E-state index contributed by atoms with van der Waals surface area (Å²) in [5.41, 5.74) is 1.51. The van der Waals surface area contributed by atoms with Crippen LogP contribution >= 0.6 is 0 Å². The van der Waals surface area contributed by atoms with Gasteiger partial charge >= 0.3 is 0 Å². The van der Waals surface area contributed by atoms with Gasteiger partial charge in [0.15, 0.2) is 11.5 Å². The third-order valence-electron chi connectivity index (χ3n) is 6.91. The van der Waals surface area contributed by atoms with Crippen LogP contribution in [0.1, 0.15) is 50.5 Å². The minimum atomic E-state index is 0.176. The van der Waals surface area contributed by atoms with Gasteiger partial charge in [-0.3, -0.25) is 4.79 Å². The number of carbonyl (C=O) groups is 1. The second kappa shape index (κ2) is 7.13. The van der Waals surface area contributed by atoms with Crippen molar-refractivity contribution in [2.75, 3.05) is 20.8 Å². The maximum absolute atomic E-state index is 12.4. The summed E-state index contributed by atoms with van der Waals surface area (Å²) in [4.78, 5) is 12.4. The normalized spacial score (nSPS) is 31.7. The van der Waals surface area contributed by atoms with Gasteiger partial charge in [-0.1, -0.05) is 6.07 Å². The number of nitrogens with one attached hydrogen (secondary N) is 1. The number of carbonyl (C=O) groups excluding carboxylic acids is 1. The van der Waals surface area contributed by atoms with E-state index < -0.39 is 0 Å². The predicted molar refractivity (Wildman–Crippen MR) is 101 cm³/mol. The number of rotatable bonds is 7. The summed E-state index contributed by atoms with van der Waals surface area (Å²) in [5, 5.41) is 3.27. The third kappa shape index (κ3) is 3.56. The number of hydrogen-bond acceptors (Lipinski definition) is 3.